The van der Waals surface area contributed by atoms with Gasteiger partial charge < -0.3 is 15.2 Å². The molecule has 0 amide bonds. The molecule has 2 aliphatic heterocycles. The van der Waals surface area contributed by atoms with Crippen molar-refractivity contribution in [3.05, 3.63) is 29.8 Å². The summed E-state index contributed by atoms with van der Waals surface area (Å²) in [6, 6.07) is 7.92. The molecule has 1 aromatic rings. The van der Waals surface area contributed by atoms with Crippen LogP contribution in [0.25, 0.3) is 0 Å². The molecule has 4 heteroatoms. The topological polar surface area (TPSA) is 44.7 Å². The van der Waals surface area contributed by atoms with Crippen molar-refractivity contribution in [2.75, 3.05) is 32.8 Å². The number of para-hydroxylation sites is 1. The lowest BCUT2D eigenvalue weighted by Gasteiger charge is -2.48. The third-order valence-electron chi connectivity index (χ3n) is 5.85. The fourth-order valence-corrected chi connectivity index (χ4v) is 4.29. The molecule has 2 fully saturated rings. The second kappa shape index (κ2) is 8.32. The molecule has 4 nitrogen and oxygen atoms in total. The quantitative estimate of drug-likeness (QED) is 0.837. The molecule has 2 heterocycles. The summed E-state index contributed by atoms with van der Waals surface area (Å²) in [5.74, 6) is 0.399. The summed E-state index contributed by atoms with van der Waals surface area (Å²) >= 11 is 0. The van der Waals surface area contributed by atoms with Gasteiger partial charge in [-0.1, -0.05) is 31.5 Å². The molecule has 1 atom stereocenters. The standard InChI is InChI=1S/C20H32N2O2/c1-2-18(17-8-4-5-9-19(17)23)21-16-20(10-14-24-15-11-20)22-12-6-3-7-13-22/h4-5,8-9,18,21,23H,2-3,6-7,10-16H2,1H3/t18-/m0/s1. The van der Waals surface area contributed by atoms with Crippen LogP contribution in [0, 0.1) is 0 Å². The van der Waals surface area contributed by atoms with E-state index in [4.69, 9.17) is 4.74 Å². The van der Waals surface area contributed by atoms with E-state index in [-0.39, 0.29) is 11.6 Å². The van der Waals surface area contributed by atoms with Crippen LogP contribution in [0.15, 0.2) is 24.3 Å². The van der Waals surface area contributed by atoms with Gasteiger partial charge in [-0.3, -0.25) is 4.90 Å². The second-order valence-electron chi connectivity index (χ2n) is 7.28. The molecular weight excluding hydrogens is 300 g/mol. The number of nitrogens with one attached hydrogen (secondary N) is 1. The number of phenolic OH excluding ortho intramolecular Hbond substituents is 1. The fraction of sp³-hybridized carbons (Fsp3) is 0.700. The minimum absolute atomic E-state index is 0.204. The van der Waals surface area contributed by atoms with Crippen molar-refractivity contribution in [2.24, 2.45) is 0 Å². The number of hydrogen-bond acceptors (Lipinski definition) is 4. The molecule has 2 aliphatic rings. The lowest BCUT2D eigenvalue weighted by molar-refractivity contribution is -0.0369. The first-order valence-corrected chi connectivity index (χ1v) is 9.59. The van der Waals surface area contributed by atoms with Gasteiger partial charge in [0.25, 0.3) is 0 Å². The summed E-state index contributed by atoms with van der Waals surface area (Å²) < 4.78 is 5.66. The van der Waals surface area contributed by atoms with Crippen molar-refractivity contribution in [1.29, 1.82) is 0 Å². The summed E-state index contributed by atoms with van der Waals surface area (Å²) in [6.07, 6.45) is 7.20. The monoisotopic (exact) mass is 332 g/mol. The van der Waals surface area contributed by atoms with E-state index in [1.54, 1.807) is 6.07 Å². The fourth-order valence-electron chi connectivity index (χ4n) is 4.29. The number of piperidine rings is 1. The van der Waals surface area contributed by atoms with Gasteiger partial charge in [0.1, 0.15) is 5.75 Å². The molecule has 1 aromatic carbocycles. The number of ether oxygens (including phenoxy) is 1. The maximum absolute atomic E-state index is 10.2. The molecular formula is C20H32N2O2. The van der Waals surface area contributed by atoms with Crippen LogP contribution in [-0.4, -0.2) is 48.4 Å². The molecule has 0 unspecified atom stereocenters. The van der Waals surface area contributed by atoms with Gasteiger partial charge in [0.2, 0.25) is 0 Å². The van der Waals surface area contributed by atoms with Gasteiger partial charge in [-0.25, -0.2) is 0 Å². The van der Waals surface area contributed by atoms with Crippen LogP contribution in [0.4, 0.5) is 0 Å². The molecule has 0 bridgehead atoms. The molecule has 0 aliphatic carbocycles. The summed E-state index contributed by atoms with van der Waals surface area (Å²) in [4.78, 5) is 2.71. The van der Waals surface area contributed by atoms with Gasteiger partial charge in [0, 0.05) is 36.9 Å². The highest BCUT2D eigenvalue weighted by atomic mass is 16.5. The Morgan fingerprint density at radius 3 is 2.54 bits per heavy atom. The van der Waals surface area contributed by atoms with Crippen molar-refractivity contribution < 1.29 is 9.84 Å². The number of benzene rings is 1. The minimum Gasteiger partial charge on any atom is -0.508 e. The van der Waals surface area contributed by atoms with Gasteiger partial charge in [-0.05, 0) is 51.3 Å². The summed E-state index contributed by atoms with van der Waals surface area (Å²) in [6.45, 7) is 7.33. The lowest BCUT2D eigenvalue weighted by atomic mass is 9.85. The van der Waals surface area contributed by atoms with Gasteiger partial charge in [0.15, 0.2) is 0 Å². The predicted octanol–water partition coefficient (Wildman–Crippen LogP) is 3.47. The molecule has 24 heavy (non-hydrogen) atoms. The molecule has 2 N–H and O–H groups in total. The third-order valence-corrected chi connectivity index (χ3v) is 5.85. The number of hydrogen-bond donors (Lipinski definition) is 2. The number of rotatable bonds is 6. The first-order chi connectivity index (χ1) is 11.7. The zero-order valence-corrected chi connectivity index (χ0v) is 15.0. The Kier molecular flexibility index (Phi) is 6.14. The SMILES string of the molecule is CC[C@H](NCC1(N2CCCCC2)CCOCC1)c1ccccc1O. The summed E-state index contributed by atoms with van der Waals surface area (Å²) in [5, 5.41) is 14.0. The molecule has 3 rings (SSSR count). The van der Waals surface area contributed by atoms with Crippen LogP contribution in [0.5, 0.6) is 5.75 Å². The highest BCUT2D eigenvalue weighted by Gasteiger charge is 2.39. The van der Waals surface area contributed by atoms with E-state index in [1.807, 2.05) is 18.2 Å². The van der Waals surface area contributed by atoms with E-state index in [0.29, 0.717) is 5.75 Å². The van der Waals surface area contributed by atoms with E-state index in [0.717, 1.165) is 44.6 Å². The predicted molar refractivity (Wildman–Crippen MR) is 97.3 cm³/mol. The van der Waals surface area contributed by atoms with Gasteiger partial charge in [0.05, 0.1) is 0 Å². The van der Waals surface area contributed by atoms with Crippen molar-refractivity contribution >= 4 is 0 Å². The van der Waals surface area contributed by atoms with Gasteiger partial charge in [-0.15, -0.1) is 0 Å². The largest absolute Gasteiger partial charge is 0.508 e. The van der Waals surface area contributed by atoms with Crippen molar-refractivity contribution in [3.8, 4) is 5.75 Å². The van der Waals surface area contributed by atoms with E-state index in [9.17, 15) is 5.11 Å². The van der Waals surface area contributed by atoms with Crippen LogP contribution < -0.4 is 5.32 Å². The Morgan fingerprint density at radius 2 is 1.88 bits per heavy atom. The lowest BCUT2D eigenvalue weighted by Crippen LogP contribution is -2.59. The maximum atomic E-state index is 10.2. The molecule has 0 radical (unpaired) electrons. The van der Waals surface area contributed by atoms with Crippen molar-refractivity contribution in [2.45, 2.75) is 57.0 Å². The number of nitrogens with zero attached hydrogens (tertiary/aromatic N) is 1. The van der Waals surface area contributed by atoms with Crippen LogP contribution in [0.3, 0.4) is 0 Å². The van der Waals surface area contributed by atoms with E-state index in [2.05, 4.69) is 17.1 Å². The highest BCUT2D eigenvalue weighted by molar-refractivity contribution is 5.34. The Hall–Kier alpha value is -1.10. The minimum atomic E-state index is 0.204. The van der Waals surface area contributed by atoms with Crippen LogP contribution in [0.2, 0.25) is 0 Å². The van der Waals surface area contributed by atoms with Crippen LogP contribution in [-0.2, 0) is 4.74 Å². The number of likely N-dealkylation sites (tertiary alicyclic amines) is 1. The molecule has 2 saturated heterocycles. The van der Waals surface area contributed by atoms with Gasteiger partial charge in [-0.2, -0.15) is 0 Å². The Morgan fingerprint density at radius 1 is 1.17 bits per heavy atom. The average Bonchev–Trinajstić information content (AvgIpc) is 2.65. The smallest absolute Gasteiger partial charge is 0.120 e. The highest BCUT2D eigenvalue weighted by Crippen LogP contribution is 2.32. The summed E-state index contributed by atoms with van der Waals surface area (Å²) in [5.41, 5.74) is 1.23. The Balaban J connectivity index is 1.71. The van der Waals surface area contributed by atoms with E-state index in [1.165, 1.54) is 32.4 Å². The first kappa shape index (κ1) is 17.7. The van der Waals surface area contributed by atoms with Crippen LogP contribution >= 0.6 is 0 Å². The average molecular weight is 332 g/mol. The third kappa shape index (κ3) is 3.93. The molecule has 134 valence electrons. The number of aromatic hydroxyl groups is 1. The number of phenols is 1. The van der Waals surface area contributed by atoms with E-state index < -0.39 is 0 Å². The first-order valence-electron chi connectivity index (χ1n) is 9.59. The molecule has 0 saturated carbocycles. The maximum Gasteiger partial charge on any atom is 0.120 e. The zero-order valence-electron chi connectivity index (χ0n) is 15.0. The van der Waals surface area contributed by atoms with Crippen LogP contribution in [0.1, 0.15) is 57.1 Å². The normalized spacial score (nSPS) is 23.0. The van der Waals surface area contributed by atoms with Crippen molar-refractivity contribution in [3.63, 3.8) is 0 Å². The van der Waals surface area contributed by atoms with E-state index >= 15 is 0 Å². The second-order valence-corrected chi connectivity index (χ2v) is 7.28. The summed E-state index contributed by atoms with van der Waals surface area (Å²) in [7, 11) is 0. The van der Waals surface area contributed by atoms with Gasteiger partial charge >= 0.3 is 0 Å². The molecule has 0 spiro atoms. The van der Waals surface area contributed by atoms with Crippen molar-refractivity contribution in [1.82, 2.24) is 10.2 Å². The Bertz CT molecular complexity index is 508. The Labute approximate surface area is 146 Å². The zero-order chi connectivity index (χ0) is 16.8. The molecule has 0 aromatic heterocycles.